The van der Waals surface area contributed by atoms with E-state index in [2.05, 4.69) is 32.8 Å². The third-order valence-corrected chi connectivity index (χ3v) is 5.22. The van der Waals surface area contributed by atoms with Gasteiger partial charge in [-0.05, 0) is 35.9 Å². The largest absolute Gasteiger partial charge is 0.416 e. The number of benzene rings is 3. The zero-order valence-electron chi connectivity index (χ0n) is 15.9. The van der Waals surface area contributed by atoms with Crippen LogP contribution in [0, 0.1) is 0 Å². The van der Waals surface area contributed by atoms with E-state index in [1.165, 1.54) is 0 Å². The summed E-state index contributed by atoms with van der Waals surface area (Å²) in [5, 5.41) is 8.63. The number of para-hydroxylation sites is 2. The SMILES string of the molecule is c1ccc(-c2nnc(-c3ccn4c(nc5ccccc54)c3-c3ccccc3)o2)cc1. The molecule has 0 bridgehead atoms. The maximum absolute atomic E-state index is 6.08. The van der Waals surface area contributed by atoms with Crippen LogP contribution in [-0.4, -0.2) is 19.6 Å². The van der Waals surface area contributed by atoms with Crippen molar-refractivity contribution in [3.05, 3.63) is 97.2 Å². The molecular formula is C25H16N4O. The highest BCUT2D eigenvalue weighted by atomic mass is 16.4. The number of nitrogens with zero attached hydrogens (tertiary/aromatic N) is 4. The van der Waals surface area contributed by atoms with Gasteiger partial charge >= 0.3 is 0 Å². The molecule has 0 unspecified atom stereocenters. The quantitative estimate of drug-likeness (QED) is 0.380. The first-order chi connectivity index (χ1) is 14.9. The van der Waals surface area contributed by atoms with Gasteiger partial charge in [-0.15, -0.1) is 10.2 Å². The zero-order chi connectivity index (χ0) is 19.9. The molecule has 0 N–H and O–H groups in total. The first-order valence-corrected chi connectivity index (χ1v) is 9.73. The van der Waals surface area contributed by atoms with Crippen LogP contribution in [0.5, 0.6) is 0 Å². The monoisotopic (exact) mass is 388 g/mol. The maximum Gasteiger partial charge on any atom is 0.248 e. The Morgan fingerprint density at radius 3 is 2.10 bits per heavy atom. The minimum Gasteiger partial charge on any atom is -0.416 e. The molecule has 3 heterocycles. The van der Waals surface area contributed by atoms with Gasteiger partial charge in [-0.3, -0.25) is 4.40 Å². The predicted octanol–water partition coefficient (Wildman–Crippen LogP) is 5.87. The Balaban J connectivity index is 1.63. The number of aromatic nitrogens is 4. The molecular weight excluding hydrogens is 372 g/mol. The Labute approximate surface area is 172 Å². The average Bonchev–Trinajstić information content (AvgIpc) is 3.45. The predicted molar refractivity (Wildman–Crippen MR) is 117 cm³/mol. The first kappa shape index (κ1) is 16.7. The molecule has 0 radical (unpaired) electrons. The molecule has 6 aromatic rings. The van der Waals surface area contributed by atoms with E-state index in [-0.39, 0.29) is 0 Å². The van der Waals surface area contributed by atoms with Gasteiger partial charge in [-0.1, -0.05) is 60.7 Å². The molecule has 0 aliphatic heterocycles. The molecule has 0 saturated heterocycles. The molecule has 0 fully saturated rings. The highest BCUT2D eigenvalue weighted by Gasteiger charge is 2.20. The van der Waals surface area contributed by atoms with E-state index in [4.69, 9.17) is 9.40 Å². The number of imidazole rings is 1. The molecule has 0 saturated carbocycles. The summed E-state index contributed by atoms with van der Waals surface area (Å²) in [5.41, 5.74) is 6.64. The number of hydrogen-bond donors (Lipinski definition) is 0. The minimum atomic E-state index is 0.474. The van der Waals surface area contributed by atoms with Gasteiger partial charge in [-0.2, -0.15) is 0 Å². The second-order valence-electron chi connectivity index (χ2n) is 7.04. The molecule has 30 heavy (non-hydrogen) atoms. The van der Waals surface area contributed by atoms with E-state index in [1.54, 1.807) is 0 Å². The number of fused-ring (bicyclic) bond motifs is 3. The highest BCUT2D eigenvalue weighted by Crippen LogP contribution is 2.36. The third-order valence-electron chi connectivity index (χ3n) is 5.22. The van der Waals surface area contributed by atoms with E-state index in [1.807, 2.05) is 79.0 Å². The van der Waals surface area contributed by atoms with Crippen LogP contribution in [0.25, 0.3) is 50.7 Å². The molecule has 5 heteroatoms. The van der Waals surface area contributed by atoms with Crippen molar-refractivity contribution in [1.29, 1.82) is 0 Å². The second kappa shape index (κ2) is 6.67. The number of rotatable bonds is 3. The van der Waals surface area contributed by atoms with E-state index in [0.717, 1.165) is 38.9 Å². The Morgan fingerprint density at radius 2 is 1.30 bits per heavy atom. The van der Waals surface area contributed by atoms with E-state index in [9.17, 15) is 0 Å². The lowest BCUT2D eigenvalue weighted by molar-refractivity contribution is 0.584. The summed E-state index contributed by atoms with van der Waals surface area (Å²) >= 11 is 0. The van der Waals surface area contributed by atoms with Crippen LogP contribution in [0.1, 0.15) is 0 Å². The normalized spacial score (nSPS) is 11.3. The van der Waals surface area contributed by atoms with Crippen molar-refractivity contribution in [2.24, 2.45) is 0 Å². The van der Waals surface area contributed by atoms with Crippen molar-refractivity contribution >= 4 is 16.7 Å². The second-order valence-corrected chi connectivity index (χ2v) is 7.04. The van der Waals surface area contributed by atoms with Crippen LogP contribution >= 0.6 is 0 Å². The summed E-state index contributed by atoms with van der Waals surface area (Å²) in [6.45, 7) is 0. The summed E-state index contributed by atoms with van der Waals surface area (Å²) in [5.74, 6) is 0.972. The molecule has 3 aromatic heterocycles. The molecule has 3 aromatic carbocycles. The van der Waals surface area contributed by atoms with Crippen molar-refractivity contribution in [1.82, 2.24) is 19.6 Å². The van der Waals surface area contributed by atoms with Crippen molar-refractivity contribution in [2.45, 2.75) is 0 Å². The Morgan fingerprint density at radius 1 is 0.633 bits per heavy atom. The van der Waals surface area contributed by atoms with Gasteiger partial charge in [0.1, 0.15) is 5.65 Å². The summed E-state index contributed by atoms with van der Waals surface area (Å²) in [6.07, 6.45) is 2.01. The van der Waals surface area contributed by atoms with Crippen LogP contribution in [0.2, 0.25) is 0 Å². The van der Waals surface area contributed by atoms with E-state index < -0.39 is 0 Å². The number of hydrogen-bond acceptors (Lipinski definition) is 4. The molecule has 0 aliphatic rings. The van der Waals surface area contributed by atoms with Gasteiger partial charge in [0.2, 0.25) is 11.8 Å². The lowest BCUT2D eigenvalue weighted by Gasteiger charge is -2.09. The maximum atomic E-state index is 6.08. The Kier molecular flexibility index (Phi) is 3.71. The molecule has 5 nitrogen and oxygen atoms in total. The fraction of sp³-hybridized carbons (Fsp3) is 0. The van der Waals surface area contributed by atoms with Crippen molar-refractivity contribution in [2.75, 3.05) is 0 Å². The fourth-order valence-electron chi connectivity index (χ4n) is 3.82. The minimum absolute atomic E-state index is 0.474. The van der Waals surface area contributed by atoms with Crippen molar-refractivity contribution in [3.63, 3.8) is 0 Å². The van der Waals surface area contributed by atoms with Gasteiger partial charge in [0.15, 0.2) is 0 Å². The fourth-order valence-corrected chi connectivity index (χ4v) is 3.82. The summed E-state index contributed by atoms with van der Waals surface area (Å²) in [7, 11) is 0. The van der Waals surface area contributed by atoms with Gasteiger partial charge in [0.25, 0.3) is 0 Å². The summed E-state index contributed by atoms with van der Waals surface area (Å²) in [6, 6.07) is 30.1. The molecule has 0 amide bonds. The van der Waals surface area contributed by atoms with Crippen LogP contribution in [0.3, 0.4) is 0 Å². The molecule has 0 atom stereocenters. The number of pyridine rings is 1. The lowest BCUT2D eigenvalue weighted by atomic mass is 10.0. The van der Waals surface area contributed by atoms with E-state index in [0.29, 0.717) is 11.8 Å². The van der Waals surface area contributed by atoms with Gasteiger partial charge < -0.3 is 4.42 Å². The van der Waals surface area contributed by atoms with Gasteiger partial charge in [0.05, 0.1) is 16.6 Å². The first-order valence-electron chi connectivity index (χ1n) is 9.73. The Bertz CT molecular complexity index is 1480. The van der Waals surface area contributed by atoms with Crippen LogP contribution in [-0.2, 0) is 0 Å². The van der Waals surface area contributed by atoms with Crippen LogP contribution in [0.4, 0.5) is 0 Å². The summed E-state index contributed by atoms with van der Waals surface area (Å²) in [4.78, 5) is 4.92. The smallest absolute Gasteiger partial charge is 0.248 e. The molecule has 0 aliphatic carbocycles. The summed E-state index contributed by atoms with van der Waals surface area (Å²) < 4.78 is 8.19. The molecule has 0 spiro atoms. The standard InChI is InChI=1S/C25H16N4O/c1-3-9-17(10-4-1)22-19(25-28-27-24(30-25)18-11-5-2-6-12-18)15-16-29-21-14-8-7-13-20(21)26-23(22)29/h1-16H. The molecule has 142 valence electrons. The van der Waals surface area contributed by atoms with Crippen molar-refractivity contribution < 1.29 is 4.42 Å². The highest BCUT2D eigenvalue weighted by molar-refractivity contribution is 5.94. The van der Waals surface area contributed by atoms with Crippen LogP contribution in [0.15, 0.2) is 102 Å². The van der Waals surface area contributed by atoms with E-state index >= 15 is 0 Å². The lowest BCUT2D eigenvalue weighted by Crippen LogP contribution is -1.93. The average molecular weight is 388 g/mol. The Hall–Kier alpha value is -4.25. The van der Waals surface area contributed by atoms with Crippen LogP contribution < -0.4 is 0 Å². The zero-order valence-corrected chi connectivity index (χ0v) is 15.9. The van der Waals surface area contributed by atoms with Gasteiger partial charge in [0, 0.05) is 17.3 Å². The topological polar surface area (TPSA) is 56.2 Å². The third kappa shape index (κ3) is 2.60. The van der Waals surface area contributed by atoms with Gasteiger partial charge in [-0.25, -0.2) is 4.98 Å². The van der Waals surface area contributed by atoms with Crippen molar-refractivity contribution in [3.8, 4) is 34.0 Å². The molecule has 6 rings (SSSR count).